The molecule has 1 aromatic carbocycles. The van der Waals surface area contributed by atoms with E-state index >= 15 is 0 Å². The van der Waals surface area contributed by atoms with E-state index < -0.39 is 22.0 Å². The van der Waals surface area contributed by atoms with Gasteiger partial charge in [0.1, 0.15) is 16.6 Å². The number of aryl methyl sites for hydroxylation is 1. The Hall–Kier alpha value is -3.05. The van der Waals surface area contributed by atoms with Gasteiger partial charge in [0.05, 0.1) is 7.11 Å². The Morgan fingerprint density at radius 3 is 2.77 bits per heavy atom. The Morgan fingerprint density at radius 1 is 1.23 bits per heavy atom. The van der Waals surface area contributed by atoms with Gasteiger partial charge in [-0.2, -0.15) is 4.31 Å². The first-order chi connectivity index (χ1) is 14.8. The number of aromatic nitrogens is 1. The molecule has 1 atom stereocenters. The summed E-state index contributed by atoms with van der Waals surface area (Å²) >= 11 is 0. The predicted molar refractivity (Wildman–Crippen MR) is 108 cm³/mol. The van der Waals surface area contributed by atoms with Gasteiger partial charge in [0, 0.05) is 26.3 Å². The number of nitrogens with one attached hydrogen (secondary N) is 1. The van der Waals surface area contributed by atoms with E-state index in [0.717, 1.165) is 5.56 Å². The van der Waals surface area contributed by atoms with Crippen LogP contribution in [0.1, 0.15) is 28.9 Å². The van der Waals surface area contributed by atoms with Crippen LogP contribution in [-0.4, -0.2) is 55.7 Å². The molecule has 11 heteroatoms. The molecule has 2 aliphatic rings. The zero-order valence-corrected chi connectivity index (χ0v) is 18.0. The molecule has 0 spiro atoms. The molecule has 4 rings (SSSR count). The van der Waals surface area contributed by atoms with Crippen molar-refractivity contribution in [2.24, 2.45) is 7.05 Å². The second-order valence-corrected chi connectivity index (χ2v) is 9.23. The number of methoxy groups -OCH3 is 1. The quantitative estimate of drug-likeness (QED) is 0.654. The first-order valence-electron chi connectivity index (χ1n) is 9.74. The van der Waals surface area contributed by atoms with Crippen LogP contribution in [0, 0.1) is 0 Å². The van der Waals surface area contributed by atoms with E-state index in [4.69, 9.17) is 9.47 Å². The summed E-state index contributed by atoms with van der Waals surface area (Å²) < 4.78 is 44.2. The monoisotopic (exact) mass is 449 g/mol. The highest BCUT2D eigenvalue weighted by molar-refractivity contribution is 7.89. The highest BCUT2D eigenvalue weighted by Crippen LogP contribution is 2.32. The third-order valence-corrected chi connectivity index (χ3v) is 7.26. The lowest BCUT2D eigenvalue weighted by Crippen LogP contribution is -2.45. The largest absolute Gasteiger partial charge is 0.464 e. The normalized spacial score (nSPS) is 18.2. The van der Waals surface area contributed by atoms with Crippen molar-refractivity contribution in [1.82, 2.24) is 14.2 Å². The van der Waals surface area contributed by atoms with Crippen molar-refractivity contribution >= 4 is 21.9 Å². The number of fused-ring (bicyclic) bond motifs is 1. The molecule has 2 aliphatic heterocycles. The minimum absolute atomic E-state index is 0.0501. The number of rotatable bonds is 6. The summed E-state index contributed by atoms with van der Waals surface area (Å²) in [6.07, 6.45) is 2.34. The molecule has 1 saturated heterocycles. The predicted octanol–water partition coefficient (Wildman–Crippen LogP) is 1.01. The molecule has 0 saturated carbocycles. The van der Waals surface area contributed by atoms with Crippen LogP contribution >= 0.6 is 0 Å². The van der Waals surface area contributed by atoms with E-state index in [1.165, 1.54) is 28.2 Å². The molecule has 1 fully saturated rings. The highest BCUT2D eigenvalue weighted by atomic mass is 32.2. The van der Waals surface area contributed by atoms with Crippen LogP contribution in [0.5, 0.6) is 11.5 Å². The van der Waals surface area contributed by atoms with Crippen LogP contribution in [-0.2, 0) is 33.1 Å². The van der Waals surface area contributed by atoms with Gasteiger partial charge in [-0.25, -0.2) is 13.2 Å². The summed E-state index contributed by atoms with van der Waals surface area (Å²) in [6, 6.07) is 5.81. The van der Waals surface area contributed by atoms with Gasteiger partial charge in [-0.15, -0.1) is 0 Å². The SMILES string of the molecule is COC(=O)c1cc(S(=O)(=O)N2CCC[C@@H]2C(=O)NCc2ccc3c(c2)OCO3)cn1C. The molecule has 1 N–H and O–H groups in total. The Morgan fingerprint density at radius 2 is 2.00 bits per heavy atom. The first-order valence-corrected chi connectivity index (χ1v) is 11.2. The number of benzene rings is 1. The number of hydrogen-bond donors (Lipinski definition) is 1. The molecule has 0 aliphatic carbocycles. The number of carbonyl (C=O) groups is 2. The summed E-state index contributed by atoms with van der Waals surface area (Å²) in [4.78, 5) is 24.6. The first kappa shape index (κ1) is 21.2. The number of sulfonamides is 1. The third kappa shape index (κ3) is 3.98. The molecular weight excluding hydrogens is 426 g/mol. The maximum atomic E-state index is 13.2. The van der Waals surface area contributed by atoms with Gasteiger partial charge in [0.2, 0.25) is 22.7 Å². The molecule has 2 aromatic rings. The topological polar surface area (TPSA) is 116 Å². The molecule has 166 valence electrons. The van der Waals surface area contributed by atoms with Crippen LogP contribution in [0.15, 0.2) is 35.4 Å². The molecule has 0 bridgehead atoms. The maximum Gasteiger partial charge on any atom is 0.354 e. The van der Waals surface area contributed by atoms with Gasteiger partial charge in [-0.05, 0) is 36.6 Å². The number of carbonyl (C=O) groups excluding carboxylic acids is 2. The van der Waals surface area contributed by atoms with Crippen molar-refractivity contribution in [1.29, 1.82) is 0 Å². The van der Waals surface area contributed by atoms with Gasteiger partial charge in [-0.3, -0.25) is 4.79 Å². The van der Waals surface area contributed by atoms with Crippen molar-refractivity contribution in [3.63, 3.8) is 0 Å². The Labute approximate surface area is 179 Å². The van der Waals surface area contributed by atoms with Crippen molar-refractivity contribution in [2.45, 2.75) is 30.3 Å². The molecular formula is C20H23N3O7S. The smallest absolute Gasteiger partial charge is 0.354 e. The number of esters is 1. The fourth-order valence-corrected chi connectivity index (χ4v) is 5.49. The van der Waals surface area contributed by atoms with Gasteiger partial charge < -0.3 is 24.1 Å². The van der Waals surface area contributed by atoms with E-state index in [1.54, 1.807) is 19.2 Å². The molecule has 10 nitrogen and oxygen atoms in total. The maximum absolute atomic E-state index is 13.2. The zero-order chi connectivity index (χ0) is 22.2. The summed E-state index contributed by atoms with van der Waals surface area (Å²) in [7, 11) is -1.17. The van der Waals surface area contributed by atoms with Crippen LogP contribution < -0.4 is 14.8 Å². The van der Waals surface area contributed by atoms with Crippen molar-refractivity contribution < 1.29 is 32.2 Å². The van der Waals surface area contributed by atoms with E-state index in [9.17, 15) is 18.0 Å². The molecule has 31 heavy (non-hydrogen) atoms. The van der Waals surface area contributed by atoms with Gasteiger partial charge in [0.15, 0.2) is 11.5 Å². The summed E-state index contributed by atoms with van der Waals surface area (Å²) in [5, 5.41) is 2.81. The Bertz CT molecular complexity index is 1130. The van der Waals surface area contributed by atoms with Gasteiger partial charge in [-0.1, -0.05) is 6.07 Å². The minimum atomic E-state index is -3.96. The fraction of sp³-hybridized carbons (Fsp3) is 0.400. The highest BCUT2D eigenvalue weighted by Gasteiger charge is 2.40. The lowest BCUT2D eigenvalue weighted by Gasteiger charge is -2.23. The van der Waals surface area contributed by atoms with E-state index in [1.807, 2.05) is 6.07 Å². The second kappa shape index (κ2) is 8.23. The molecule has 3 heterocycles. The molecule has 0 radical (unpaired) electrons. The lowest BCUT2D eigenvalue weighted by molar-refractivity contribution is -0.124. The summed E-state index contributed by atoms with van der Waals surface area (Å²) in [6.45, 7) is 0.627. The van der Waals surface area contributed by atoms with E-state index in [2.05, 4.69) is 10.1 Å². The van der Waals surface area contributed by atoms with Crippen LogP contribution in [0.3, 0.4) is 0 Å². The third-order valence-electron chi connectivity index (χ3n) is 5.39. The zero-order valence-electron chi connectivity index (χ0n) is 17.2. The minimum Gasteiger partial charge on any atom is -0.464 e. The number of nitrogens with zero attached hydrogens (tertiary/aromatic N) is 2. The number of ether oxygens (including phenoxy) is 3. The summed E-state index contributed by atoms with van der Waals surface area (Å²) in [5.74, 6) is 0.255. The van der Waals surface area contributed by atoms with Crippen molar-refractivity contribution in [3.8, 4) is 11.5 Å². The number of amides is 1. The average Bonchev–Trinajstić information content (AvgIpc) is 3.50. The van der Waals surface area contributed by atoms with E-state index in [0.29, 0.717) is 24.3 Å². The Kier molecular flexibility index (Phi) is 5.63. The Balaban J connectivity index is 1.48. The van der Waals surface area contributed by atoms with Crippen LogP contribution in [0.2, 0.25) is 0 Å². The second-order valence-electron chi connectivity index (χ2n) is 7.34. The summed E-state index contributed by atoms with van der Waals surface area (Å²) in [5.41, 5.74) is 0.930. The van der Waals surface area contributed by atoms with Gasteiger partial charge in [0.25, 0.3) is 0 Å². The van der Waals surface area contributed by atoms with Crippen molar-refractivity contribution in [3.05, 3.63) is 41.7 Å². The lowest BCUT2D eigenvalue weighted by atomic mass is 10.2. The molecule has 0 unspecified atom stereocenters. The van der Waals surface area contributed by atoms with Gasteiger partial charge >= 0.3 is 5.97 Å². The van der Waals surface area contributed by atoms with Crippen molar-refractivity contribution in [2.75, 3.05) is 20.4 Å². The van der Waals surface area contributed by atoms with Crippen LogP contribution in [0.4, 0.5) is 0 Å². The molecule has 1 aromatic heterocycles. The molecule has 1 amide bonds. The van der Waals surface area contributed by atoms with Crippen LogP contribution in [0.25, 0.3) is 0 Å². The average molecular weight is 449 g/mol. The number of hydrogen-bond acceptors (Lipinski definition) is 7. The standard InChI is InChI=1S/C20H23N3O7S/c1-22-11-14(9-16(22)20(25)28-2)31(26,27)23-7-3-4-15(23)19(24)21-10-13-5-6-17-18(8-13)30-12-29-17/h5-6,8-9,11,15H,3-4,7,10,12H2,1-2H3,(H,21,24)/t15-/m1/s1. The van der Waals surface area contributed by atoms with E-state index in [-0.39, 0.29) is 36.4 Å². The fourth-order valence-electron chi connectivity index (χ4n) is 3.77.